The highest BCUT2D eigenvalue weighted by atomic mass is 16.3. The Morgan fingerprint density at radius 2 is 2.27 bits per heavy atom. The number of aromatic nitrogens is 2. The SMILES string of the molecule is O=c1cc(CN2CC[C@H](O)C2)nc(Nc2cccc(O)c2)[nH]1. The Morgan fingerprint density at radius 1 is 1.41 bits per heavy atom. The van der Waals surface area contributed by atoms with E-state index in [9.17, 15) is 15.0 Å². The number of hydrogen-bond donors (Lipinski definition) is 4. The number of nitrogens with one attached hydrogen (secondary N) is 2. The summed E-state index contributed by atoms with van der Waals surface area (Å²) in [6.07, 6.45) is 0.448. The van der Waals surface area contributed by atoms with Crippen LogP contribution in [0.1, 0.15) is 12.1 Å². The molecule has 0 radical (unpaired) electrons. The van der Waals surface area contributed by atoms with Crippen molar-refractivity contribution in [1.29, 1.82) is 0 Å². The molecule has 116 valence electrons. The number of rotatable bonds is 4. The Balaban J connectivity index is 1.76. The highest BCUT2D eigenvalue weighted by Gasteiger charge is 2.20. The van der Waals surface area contributed by atoms with Gasteiger partial charge in [0.15, 0.2) is 0 Å². The first-order valence-electron chi connectivity index (χ1n) is 7.15. The van der Waals surface area contributed by atoms with Crippen molar-refractivity contribution >= 4 is 11.6 Å². The van der Waals surface area contributed by atoms with Crippen molar-refractivity contribution in [3.05, 3.63) is 46.4 Å². The first-order valence-corrected chi connectivity index (χ1v) is 7.15. The van der Waals surface area contributed by atoms with Crippen molar-refractivity contribution in [3.8, 4) is 5.75 Å². The molecule has 0 spiro atoms. The molecule has 3 rings (SSSR count). The van der Waals surface area contributed by atoms with E-state index in [0.717, 1.165) is 13.0 Å². The van der Waals surface area contributed by atoms with E-state index >= 15 is 0 Å². The fourth-order valence-electron chi connectivity index (χ4n) is 2.55. The summed E-state index contributed by atoms with van der Waals surface area (Å²) in [6, 6.07) is 8.03. The maximum absolute atomic E-state index is 11.8. The molecule has 0 aliphatic carbocycles. The van der Waals surface area contributed by atoms with E-state index in [-0.39, 0.29) is 17.4 Å². The molecule has 1 atom stereocenters. The van der Waals surface area contributed by atoms with E-state index < -0.39 is 0 Å². The minimum atomic E-state index is -0.299. The van der Waals surface area contributed by atoms with Crippen LogP contribution in [-0.4, -0.2) is 44.3 Å². The largest absolute Gasteiger partial charge is 0.508 e. The quantitative estimate of drug-likeness (QED) is 0.666. The minimum absolute atomic E-state index is 0.134. The number of aliphatic hydroxyl groups is 1. The molecule has 4 N–H and O–H groups in total. The Kier molecular flexibility index (Phi) is 4.08. The van der Waals surface area contributed by atoms with Gasteiger partial charge in [-0.3, -0.25) is 14.7 Å². The smallest absolute Gasteiger partial charge is 0.252 e. The molecule has 0 saturated carbocycles. The van der Waals surface area contributed by atoms with Gasteiger partial charge in [0.2, 0.25) is 5.95 Å². The molecule has 1 saturated heterocycles. The van der Waals surface area contributed by atoms with Crippen molar-refractivity contribution in [2.75, 3.05) is 18.4 Å². The zero-order valence-electron chi connectivity index (χ0n) is 12.0. The summed E-state index contributed by atoms with van der Waals surface area (Å²) >= 11 is 0. The molecule has 7 heteroatoms. The van der Waals surface area contributed by atoms with Gasteiger partial charge in [0.05, 0.1) is 11.8 Å². The number of aromatic amines is 1. The molecular formula is C15H18N4O3. The molecule has 1 aliphatic rings. The number of hydrogen-bond acceptors (Lipinski definition) is 6. The van der Waals surface area contributed by atoms with Crippen LogP contribution in [0.25, 0.3) is 0 Å². The number of benzene rings is 1. The first-order chi connectivity index (χ1) is 10.6. The highest BCUT2D eigenvalue weighted by molar-refractivity contribution is 5.55. The van der Waals surface area contributed by atoms with E-state index in [1.807, 2.05) is 0 Å². The third-order valence-electron chi connectivity index (χ3n) is 3.54. The topological polar surface area (TPSA) is 101 Å². The van der Waals surface area contributed by atoms with Crippen molar-refractivity contribution in [1.82, 2.24) is 14.9 Å². The van der Waals surface area contributed by atoms with Crippen molar-refractivity contribution in [2.45, 2.75) is 19.1 Å². The average Bonchev–Trinajstić information content (AvgIpc) is 2.83. The molecule has 0 unspecified atom stereocenters. The number of aliphatic hydroxyl groups excluding tert-OH is 1. The van der Waals surface area contributed by atoms with Gasteiger partial charge in [-0.1, -0.05) is 6.07 Å². The second-order valence-electron chi connectivity index (χ2n) is 5.44. The molecule has 22 heavy (non-hydrogen) atoms. The second kappa shape index (κ2) is 6.17. The summed E-state index contributed by atoms with van der Waals surface area (Å²) < 4.78 is 0. The molecule has 7 nitrogen and oxygen atoms in total. The fourth-order valence-corrected chi connectivity index (χ4v) is 2.55. The summed E-state index contributed by atoms with van der Waals surface area (Å²) in [5, 5.41) is 22.0. The molecule has 2 aromatic rings. The number of H-pyrrole nitrogens is 1. The summed E-state index contributed by atoms with van der Waals surface area (Å²) in [7, 11) is 0. The van der Waals surface area contributed by atoms with Crippen molar-refractivity contribution in [2.24, 2.45) is 0 Å². The van der Waals surface area contributed by atoms with Crippen LogP contribution >= 0.6 is 0 Å². The zero-order valence-corrected chi connectivity index (χ0v) is 12.0. The van der Waals surface area contributed by atoms with Crippen LogP contribution in [0.3, 0.4) is 0 Å². The van der Waals surface area contributed by atoms with Crippen molar-refractivity contribution < 1.29 is 10.2 Å². The summed E-state index contributed by atoms with van der Waals surface area (Å²) in [5.74, 6) is 0.461. The molecule has 0 amide bonds. The van der Waals surface area contributed by atoms with Crippen LogP contribution in [0, 0.1) is 0 Å². The molecule has 1 aliphatic heterocycles. The van der Waals surface area contributed by atoms with Crippen molar-refractivity contribution in [3.63, 3.8) is 0 Å². The maximum atomic E-state index is 11.8. The predicted molar refractivity (Wildman–Crippen MR) is 82.1 cm³/mol. The fraction of sp³-hybridized carbons (Fsp3) is 0.333. The monoisotopic (exact) mass is 302 g/mol. The van der Waals surface area contributed by atoms with Crippen LogP contribution in [0.4, 0.5) is 11.6 Å². The molecule has 2 heterocycles. The van der Waals surface area contributed by atoms with E-state index in [1.165, 1.54) is 6.07 Å². The lowest BCUT2D eigenvalue weighted by molar-refractivity contribution is 0.174. The number of phenolic OH excluding ortho intramolecular Hbond substituents is 1. The lowest BCUT2D eigenvalue weighted by Gasteiger charge is -2.14. The Labute approximate surface area is 127 Å². The Morgan fingerprint density at radius 3 is 3.00 bits per heavy atom. The van der Waals surface area contributed by atoms with Gasteiger partial charge in [0.1, 0.15) is 5.75 Å². The Bertz CT molecular complexity index is 716. The van der Waals surface area contributed by atoms with Gasteiger partial charge >= 0.3 is 0 Å². The molecule has 0 bridgehead atoms. The third kappa shape index (κ3) is 3.63. The lowest BCUT2D eigenvalue weighted by Crippen LogP contribution is -2.23. The van der Waals surface area contributed by atoms with Gasteiger partial charge in [0, 0.05) is 37.5 Å². The van der Waals surface area contributed by atoms with Crippen LogP contribution in [0.2, 0.25) is 0 Å². The number of aromatic hydroxyl groups is 1. The number of phenols is 1. The van der Waals surface area contributed by atoms with Gasteiger partial charge in [-0.05, 0) is 18.6 Å². The standard InChI is InChI=1S/C15H18N4O3/c20-12-3-1-2-10(6-12)16-15-17-11(7-14(22)18-15)8-19-5-4-13(21)9-19/h1-3,6-7,13,20-21H,4-5,8-9H2,(H2,16,17,18,22)/t13-/m0/s1. The minimum Gasteiger partial charge on any atom is -0.508 e. The van der Waals surface area contributed by atoms with Crippen LogP contribution < -0.4 is 10.9 Å². The normalized spacial score (nSPS) is 18.5. The molecule has 1 aromatic heterocycles. The summed E-state index contributed by atoms with van der Waals surface area (Å²) in [4.78, 5) is 20.8. The van der Waals surface area contributed by atoms with E-state index in [4.69, 9.17) is 0 Å². The molecule has 1 aromatic carbocycles. The van der Waals surface area contributed by atoms with Gasteiger partial charge in [-0.15, -0.1) is 0 Å². The highest BCUT2D eigenvalue weighted by Crippen LogP contribution is 2.18. The third-order valence-corrected chi connectivity index (χ3v) is 3.54. The van der Waals surface area contributed by atoms with Crippen LogP contribution in [0.5, 0.6) is 5.75 Å². The zero-order chi connectivity index (χ0) is 15.5. The number of anilines is 2. The maximum Gasteiger partial charge on any atom is 0.252 e. The summed E-state index contributed by atoms with van der Waals surface area (Å²) in [5.41, 5.74) is 1.03. The van der Waals surface area contributed by atoms with E-state index in [1.54, 1.807) is 24.3 Å². The number of β-amino-alcohol motifs (C(OH)–C–C–N with tert-alkyl or cyclic N) is 1. The van der Waals surface area contributed by atoms with Gasteiger partial charge in [0.25, 0.3) is 5.56 Å². The Hall–Kier alpha value is -2.38. The first kappa shape index (κ1) is 14.6. The number of nitrogens with zero attached hydrogens (tertiary/aromatic N) is 2. The number of likely N-dealkylation sites (tertiary alicyclic amines) is 1. The predicted octanol–water partition coefficient (Wildman–Crippen LogP) is 0.786. The molecular weight excluding hydrogens is 284 g/mol. The van der Waals surface area contributed by atoms with E-state index in [2.05, 4.69) is 20.2 Å². The average molecular weight is 302 g/mol. The van der Waals surface area contributed by atoms with Crippen LogP contribution in [0.15, 0.2) is 35.1 Å². The van der Waals surface area contributed by atoms with E-state index in [0.29, 0.717) is 30.4 Å². The van der Waals surface area contributed by atoms with Gasteiger partial charge in [-0.25, -0.2) is 4.98 Å². The molecule has 1 fully saturated rings. The van der Waals surface area contributed by atoms with Gasteiger partial charge < -0.3 is 15.5 Å². The van der Waals surface area contributed by atoms with Gasteiger partial charge in [-0.2, -0.15) is 0 Å². The lowest BCUT2D eigenvalue weighted by atomic mass is 10.3. The summed E-state index contributed by atoms with van der Waals surface area (Å²) in [6.45, 7) is 1.92. The second-order valence-corrected chi connectivity index (χ2v) is 5.44. The van der Waals surface area contributed by atoms with Crippen LogP contribution in [-0.2, 0) is 6.54 Å².